The Hall–Kier alpha value is -5.15. The van der Waals surface area contributed by atoms with Crippen LogP contribution in [-0.4, -0.2) is 18.3 Å². The molecule has 0 saturated heterocycles. The number of nitrogens with one attached hydrogen (secondary N) is 2. The molecule has 5 N–H and O–H groups in total. The maximum Gasteiger partial charge on any atom is 0.347 e. The number of benzene rings is 5. The zero-order chi connectivity index (χ0) is 27.5. The Labute approximate surface area is 222 Å². The molecule has 0 amide bonds. The van der Waals surface area contributed by atoms with Gasteiger partial charge in [0.25, 0.3) is 0 Å². The van der Waals surface area contributed by atoms with Gasteiger partial charge in [0, 0.05) is 46.0 Å². The molecule has 0 aliphatic heterocycles. The number of halogens is 2. The van der Waals surface area contributed by atoms with Crippen LogP contribution in [0.4, 0.5) is 31.5 Å². The second-order valence-corrected chi connectivity index (χ2v) is 8.63. The molecule has 5 rings (SSSR count). The lowest BCUT2D eigenvalue weighted by molar-refractivity contribution is 0.0730. The molecule has 5 aromatic rings. The van der Waals surface area contributed by atoms with Gasteiger partial charge in [0.1, 0.15) is 28.7 Å². The van der Waals surface area contributed by atoms with Gasteiger partial charge < -0.3 is 20.5 Å². The second kappa shape index (κ2) is 10.7. The average molecular weight is 528 g/mol. The first-order valence-corrected chi connectivity index (χ1v) is 11.8. The van der Waals surface area contributed by atoms with E-state index in [4.69, 9.17) is 20.4 Å². The van der Waals surface area contributed by atoms with Crippen molar-refractivity contribution in [3.8, 4) is 22.6 Å². The molecule has 0 fully saturated rings. The minimum Gasteiger partial charge on any atom is -0.496 e. The normalized spacial score (nSPS) is 10.8. The van der Waals surface area contributed by atoms with Crippen LogP contribution in [0.15, 0.2) is 91.0 Å². The molecular formula is C30H23F2N3O4. The van der Waals surface area contributed by atoms with Gasteiger partial charge in [-0.15, -0.1) is 0 Å². The Kier molecular flexibility index (Phi) is 6.98. The molecule has 0 spiro atoms. The van der Waals surface area contributed by atoms with E-state index in [1.54, 1.807) is 18.2 Å². The molecule has 0 unspecified atom stereocenters. The molecule has 0 heterocycles. The van der Waals surface area contributed by atoms with E-state index in [0.29, 0.717) is 17.1 Å². The summed E-state index contributed by atoms with van der Waals surface area (Å²) in [4.78, 5) is 12.9. The molecule has 0 aromatic heterocycles. The zero-order valence-electron chi connectivity index (χ0n) is 20.7. The number of rotatable bonds is 7. The minimum absolute atomic E-state index is 0.0715. The first-order valence-electron chi connectivity index (χ1n) is 11.8. The molecule has 0 saturated carbocycles. The molecule has 39 heavy (non-hydrogen) atoms. The Morgan fingerprint density at radius 3 is 2.18 bits per heavy atom. The summed E-state index contributed by atoms with van der Waals surface area (Å²) < 4.78 is 40.4. The number of anilines is 4. The van der Waals surface area contributed by atoms with Gasteiger partial charge in [0.15, 0.2) is 0 Å². The summed E-state index contributed by atoms with van der Waals surface area (Å²) in [6.45, 7) is 0. The van der Waals surface area contributed by atoms with E-state index in [0.717, 1.165) is 28.6 Å². The van der Waals surface area contributed by atoms with Crippen LogP contribution in [0.25, 0.3) is 21.9 Å². The minimum atomic E-state index is -0.912. The number of fused-ring (bicyclic) bond motifs is 1. The van der Waals surface area contributed by atoms with Gasteiger partial charge >= 0.3 is 5.97 Å². The quantitative estimate of drug-likeness (QED) is 0.0771. The van der Waals surface area contributed by atoms with Crippen molar-refractivity contribution in [2.75, 3.05) is 23.6 Å². The van der Waals surface area contributed by atoms with E-state index < -0.39 is 17.6 Å². The number of ether oxygens (including phenoxy) is 2. The van der Waals surface area contributed by atoms with Crippen LogP contribution in [0.1, 0.15) is 10.4 Å². The van der Waals surface area contributed by atoms with Crippen molar-refractivity contribution in [3.63, 3.8) is 0 Å². The molecule has 0 atom stereocenters. The van der Waals surface area contributed by atoms with Crippen molar-refractivity contribution < 1.29 is 28.3 Å². The Morgan fingerprint density at radius 2 is 1.51 bits per heavy atom. The summed E-state index contributed by atoms with van der Waals surface area (Å²) in [5.41, 5.74) is 10.5. The second-order valence-electron chi connectivity index (χ2n) is 8.63. The maximum atomic E-state index is 14.8. The number of esters is 1. The predicted molar refractivity (Wildman–Crippen MR) is 147 cm³/mol. The first-order chi connectivity index (χ1) is 18.9. The third-order valence-corrected chi connectivity index (χ3v) is 6.19. The summed E-state index contributed by atoms with van der Waals surface area (Å²) in [7, 11) is 1.40. The van der Waals surface area contributed by atoms with Gasteiger partial charge in [-0.2, -0.15) is 0 Å². The lowest BCUT2D eigenvalue weighted by Crippen LogP contribution is -2.11. The number of methoxy groups -OCH3 is 1. The number of hydrogen-bond acceptors (Lipinski definition) is 7. The fraction of sp³-hybridized carbons (Fsp3) is 0.0333. The van der Waals surface area contributed by atoms with Crippen molar-refractivity contribution in [3.05, 3.63) is 108 Å². The summed E-state index contributed by atoms with van der Waals surface area (Å²) in [6, 6.07) is 23.8. The molecule has 0 radical (unpaired) electrons. The van der Waals surface area contributed by atoms with E-state index in [1.165, 1.54) is 37.4 Å². The maximum absolute atomic E-state index is 14.8. The number of nitrogens with two attached hydrogens (primary N) is 1. The molecule has 5 aromatic carbocycles. The van der Waals surface area contributed by atoms with Crippen LogP contribution >= 0.6 is 0 Å². The van der Waals surface area contributed by atoms with Crippen LogP contribution < -0.4 is 26.0 Å². The summed E-state index contributed by atoms with van der Waals surface area (Å²) in [5, 5.41) is 14.1. The van der Waals surface area contributed by atoms with Gasteiger partial charge in [-0.05, 0) is 42.0 Å². The molecule has 0 aliphatic rings. The highest BCUT2D eigenvalue weighted by Gasteiger charge is 2.19. The van der Waals surface area contributed by atoms with Crippen molar-refractivity contribution in [2.45, 2.75) is 0 Å². The highest BCUT2D eigenvalue weighted by molar-refractivity contribution is 6.02. The Morgan fingerprint density at radius 1 is 0.846 bits per heavy atom. The van der Waals surface area contributed by atoms with Crippen LogP contribution in [0.2, 0.25) is 0 Å². The molecule has 196 valence electrons. The fourth-order valence-electron chi connectivity index (χ4n) is 4.28. The van der Waals surface area contributed by atoms with Crippen molar-refractivity contribution >= 4 is 39.5 Å². The number of carbonyl (C=O) groups excluding carboxylic acids is 1. The summed E-state index contributed by atoms with van der Waals surface area (Å²) in [5.74, 6) is -2.76. The van der Waals surface area contributed by atoms with Gasteiger partial charge in [0.05, 0.1) is 18.4 Å². The lowest BCUT2D eigenvalue weighted by atomic mass is 10.0. The van der Waals surface area contributed by atoms with E-state index >= 15 is 0 Å². The molecule has 9 heteroatoms. The van der Waals surface area contributed by atoms with E-state index in [2.05, 4.69) is 5.32 Å². The fourth-order valence-corrected chi connectivity index (χ4v) is 4.28. The van der Waals surface area contributed by atoms with Crippen LogP contribution in [0.5, 0.6) is 11.5 Å². The van der Waals surface area contributed by atoms with E-state index in [1.807, 2.05) is 35.8 Å². The Bertz CT molecular complexity index is 1670. The van der Waals surface area contributed by atoms with E-state index in [9.17, 15) is 13.6 Å². The smallest absolute Gasteiger partial charge is 0.347 e. The predicted octanol–water partition coefficient (Wildman–Crippen LogP) is 7.14. The third-order valence-electron chi connectivity index (χ3n) is 6.19. The van der Waals surface area contributed by atoms with Crippen LogP contribution in [-0.2, 0) is 0 Å². The van der Waals surface area contributed by atoms with Crippen LogP contribution in [0.3, 0.4) is 0 Å². The topological polar surface area (TPSA) is 106 Å². The molecule has 7 nitrogen and oxygen atoms in total. The molecule has 0 bridgehead atoms. The van der Waals surface area contributed by atoms with E-state index in [-0.39, 0.29) is 28.2 Å². The number of hydrogen-bond donors (Lipinski definition) is 4. The number of carbonyl (C=O) groups is 1. The molecule has 0 aliphatic carbocycles. The van der Waals surface area contributed by atoms with Gasteiger partial charge in [-0.25, -0.2) is 13.6 Å². The standard InChI is InChI=1S/C30H23F2N3O4/c1-38-28-14-19(34-27-13-12-26(33)21-4-2-3-5-22(21)27)10-11-23(28)30(36)39-20-15-24(31)29(25(32)16-20)17-6-8-18(35-37)9-7-17/h2-16,34-35,37H,33H2,1H3. The van der Waals surface area contributed by atoms with Crippen LogP contribution in [0, 0.1) is 11.6 Å². The SMILES string of the molecule is COc1cc(Nc2ccc(N)c3ccccc23)ccc1C(=O)Oc1cc(F)c(-c2ccc(NO)cc2)c(F)c1. The first kappa shape index (κ1) is 25.5. The monoisotopic (exact) mass is 527 g/mol. The van der Waals surface area contributed by atoms with Crippen molar-refractivity contribution in [1.29, 1.82) is 0 Å². The van der Waals surface area contributed by atoms with Crippen molar-refractivity contribution in [2.24, 2.45) is 0 Å². The third kappa shape index (κ3) is 5.16. The number of nitrogen functional groups attached to an aromatic ring is 1. The van der Waals surface area contributed by atoms with Gasteiger partial charge in [-0.3, -0.25) is 10.7 Å². The highest BCUT2D eigenvalue weighted by Crippen LogP contribution is 2.34. The van der Waals surface area contributed by atoms with Gasteiger partial charge in [-0.1, -0.05) is 36.4 Å². The summed E-state index contributed by atoms with van der Waals surface area (Å²) in [6.07, 6.45) is 0. The Balaban J connectivity index is 1.38. The highest BCUT2D eigenvalue weighted by atomic mass is 19.1. The zero-order valence-corrected chi connectivity index (χ0v) is 20.7. The lowest BCUT2D eigenvalue weighted by Gasteiger charge is -2.14. The van der Waals surface area contributed by atoms with Crippen molar-refractivity contribution in [1.82, 2.24) is 0 Å². The van der Waals surface area contributed by atoms with Gasteiger partial charge in [0.2, 0.25) is 0 Å². The largest absolute Gasteiger partial charge is 0.496 e. The summed E-state index contributed by atoms with van der Waals surface area (Å²) >= 11 is 0. The molecular weight excluding hydrogens is 504 g/mol. The average Bonchev–Trinajstić information content (AvgIpc) is 2.94.